The number of hydrogen-bond donors (Lipinski definition) is 1. The van der Waals surface area contributed by atoms with Gasteiger partial charge in [-0.1, -0.05) is 5.21 Å². The third-order valence-corrected chi connectivity index (χ3v) is 4.13. The topological polar surface area (TPSA) is 110 Å². The van der Waals surface area contributed by atoms with E-state index in [0.29, 0.717) is 5.69 Å². The second-order valence-corrected chi connectivity index (χ2v) is 6.75. The molecule has 9 nitrogen and oxygen atoms in total. The van der Waals surface area contributed by atoms with Crippen LogP contribution in [-0.2, 0) is 21.4 Å². The standard InChI is InChI=1S/C12H16N6O3S/c1-17(22(2,20)21)9-12(19)14-7-10-8-18(16-15-10)11-3-5-13-6-4-11/h3-6,8H,7,9H2,1-2H3,(H,14,19). The van der Waals surface area contributed by atoms with E-state index < -0.39 is 15.9 Å². The molecule has 0 saturated heterocycles. The number of amides is 1. The zero-order valence-electron chi connectivity index (χ0n) is 12.2. The summed E-state index contributed by atoms with van der Waals surface area (Å²) in [6.45, 7) is -0.0706. The van der Waals surface area contributed by atoms with Gasteiger partial charge in [0.2, 0.25) is 15.9 Å². The van der Waals surface area contributed by atoms with E-state index in [1.807, 2.05) is 0 Å². The number of nitrogens with one attached hydrogen (secondary N) is 1. The fraction of sp³-hybridized carbons (Fsp3) is 0.333. The molecule has 0 atom stereocenters. The van der Waals surface area contributed by atoms with E-state index in [1.54, 1.807) is 35.4 Å². The van der Waals surface area contributed by atoms with E-state index in [1.165, 1.54) is 7.05 Å². The minimum absolute atomic E-state index is 0.168. The summed E-state index contributed by atoms with van der Waals surface area (Å²) < 4.78 is 25.0. The molecular weight excluding hydrogens is 308 g/mol. The first-order chi connectivity index (χ1) is 10.4. The molecule has 2 aromatic rings. The number of aromatic nitrogens is 4. The minimum Gasteiger partial charge on any atom is -0.349 e. The molecule has 2 rings (SSSR count). The Balaban J connectivity index is 1.90. The van der Waals surface area contributed by atoms with Crippen LogP contribution in [0, 0.1) is 0 Å². The van der Waals surface area contributed by atoms with Crippen molar-refractivity contribution in [2.75, 3.05) is 19.8 Å². The molecule has 22 heavy (non-hydrogen) atoms. The maximum absolute atomic E-state index is 11.7. The Morgan fingerprint density at radius 2 is 2.05 bits per heavy atom. The van der Waals surface area contributed by atoms with Crippen molar-refractivity contribution < 1.29 is 13.2 Å². The van der Waals surface area contributed by atoms with Crippen LogP contribution in [0.5, 0.6) is 0 Å². The van der Waals surface area contributed by atoms with E-state index in [4.69, 9.17) is 0 Å². The lowest BCUT2D eigenvalue weighted by Gasteiger charge is -2.13. The van der Waals surface area contributed by atoms with Gasteiger partial charge in [0, 0.05) is 19.4 Å². The molecule has 0 radical (unpaired) electrons. The Bertz CT molecular complexity index is 743. The molecule has 0 aliphatic heterocycles. The molecule has 0 spiro atoms. The van der Waals surface area contributed by atoms with Crippen LogP contribution in [0.25, 0.3) is 5.69 Å². The van der Waals surface area contributed by atoms with Crippen molar-refractivity contribution in [1.82, 2.24) is 29.6 Å². The maximum Gasteiger partial charge on any atom is 0.235 e. The summed E-state index contributed by atoms with van der Waals surface area (Å²) >= 11 is 0. The van der Waals surface area contributed by atoms with Crippen molar-refractivity contribution in [1.29, 1.82) is 0 Å². The van der Waals surface area contributed by atoms with Crippen molar-refractivity contribution >= 4 is 15.9 Å². The predicted molar refractivity (Wildman–Crippen MR) is 78.5 cm³/mol. The zero-order valence-corrected chi connectivity index (χ0v) is 13.0. The molecular formula is C12H16N6O3S. The number of sulfonamides is 1. The van der Waals surface area contributed by atoms with Crippen LogP contribution in [0.15, 0.2) is 30.7 Å². The largest absolute Gasteiger partial charge is 0.349 e. The summed E-state index contributed by atoms with van der Waals surface area (Å²) in [4.78, 5) is 15.6. The number of hydrogen-bond acceptors (Lipinski definition) is 6. The third-order valence-electron chi connectivity index (χ3n) is 2.87. The lowest BCUT2D eigenvalue weighted by molar-refractivity contribution is -0.121. The number of nitrogens with zero attached hydrogens (tertiary/aromatic N) is 5. The third kappa shape index (κ3) is 4.33. The van der Waals surface area contributed by atoms with Gasteiger partial charge in [-0.2, -0.15) is 4.31 Å². The second-order valence-electron chi connectivity index (χ2n) is 4.66. The molecule has 10 heteroatoms. The molecule has 2 aromatic heterocycles. The van der Waals surface area contributed by atoms with Crippen LogP contribution in [-0.4, -0.2) is 58.5 Å². The first-order valence-electron chi connectivity index (χ1n) is 6.36. The van der Waals surface area contributed by atoms with E-state index in [9.17, 15) is 13.2 Å². The molecule has 0 fully saturated rings. The van der Waals surface area contributed by atoms with Gasteiger partial charge in [-0.25, -0.2) is 13.1 Å². The highest BCUT2D eigenvalue weighted by Gasteiger charge is 2.15. The fourth-order valence-electron chi connectivity index (χ4n) is 1.57. The van der Waals surface area contributed by atoms with E-state index >= 15 is 0 Å². The first kappa shape index (κ1) is 16.0. The van der Waals surface area contributed by atoms with Gasteiger partial charge in [0.25, 0.3) is 0 Å². The molecule has 0 aliphatic carbocycles. The summed E-state index contributed by atoms with van der Waals surface area (Å²) in [7, 11) is -2.04. The lowest BCUT2D eigenvalue weighted by Crippen LogP contribution is -2.37. The van der Waals surface area contributed by atoms with Crippen molar-refractivity contribution in [3.05, 3.63) is 36.4 Å². The summed E-state index contributed by atoms with van der Waals surface area (Å²) in [5.41, 5.74) is 1.36. The molecule has 1 N–H and O–H groups in total. The Hall–Kier alpha value is -2.33. The van der Waals surface area contributed by atoms with Gasteiger partial charge in [-0.3, -0.25) is 9.78 Å². The minimum atomic E-state index is -3.38. The quantitative estimate of drug-likeness (QED) is 0.742. The number of carbonyl (C=O) groups is 1. The van der Waals surface area contributed by atoms with E-state index in [-0.39, 0.29) is 13.1 Å². The van der Waals surface area contributed by atoms with Crippen molar-refractivity contribution in [3.8, 4) is 5.69 Å². The smallest absolute Gasteiger partial charge is 0.235 e. The predicted octanol–water partition coefficient (Wildman–Crippen LogP) is -0.830. The SMILES string of the molecule is CN(CC(=O)NCc1cn(-c2ccncc2)nn1)S(C)(=O)=O. The van der Waals surface area contributed by atoms with Crippen LogP contribution in [0.2, 0.25) is 0 Å². The Morgan fingerprint density at radius 1 is 1.36 bits per heavy atom. The monoisotopic (exact) mass is 324 g/mol. The Labute approximate surface area is 128 Å². The normalized spacial score (nSPS) is 11.6. The van der Waals surface area contributed by atoms with E-state index in [0.717, 1.165) is 16.2 Å². The summed E-state index contributed by atoms with van der Waals surface area (Å²) in [5.74, 6) is -0.411. The van der Waals surface area contributed by atoms with Gasteiger partial charge in [-0.15, -0.1) is 5.10 Å². The van der Waals surface area contributed by atoms with Crippen molar-refractivity contribution in [2.24, 2.45) is 0 Å². The van der Waals surface area contributed by atoms with Gasteiger partial charge < -0.3 is 5.32 Å². The molecule has 0 aromatic carbocycles. The summed E-state index contributed by atoms with van der Waals surface area (Å²) in [6.07, 6.45) is 6.00. The highest BCUT2D eigenvalue weighted by Crippen LogP contribution is 2.04. The summed E-state index contributed by atoms with van der Waals surface area (Å²) in [5, 5.41) is 10.5. The second kappa shape index (κ2) is 6.62. The Kier molecular flexibility index (Phi) is 4.83. The summed E-state index contributed by atoms with van der Waals surface area (Å²) in [6, 6.07) is 3.55. The average molecular weight is 324 g/mol. The van der Waals surface area contributed by atoms with Gasteiger partial charge in [-0.05, 0) is 12.1 Å². The van der Waals surface area contributed by atoms with E-state index in [2.05, 4.69) is 20.6 Å². The molecule has 2 heterocycles. The Morgan fingerprint density at radius 3 is 2.68 bits per heavy atom. The number of rotatable bonds is 6. The highest BCUT2D eigenvalue weighted by molar-refractivity contribution is 7.88. The first-order valence-corrected chi connectivity index (χ1v) is 8.21. The van der Waals surface area contributed by atoms with Gasteiger partial charge in [0.15, 0.2) is 0 Å². The highest BCUT2D eigenvalue weighted by atomic mass is 32.2. The van der Waals surface area contributed by atoms with Crippen LogP contribution in [0.3, 0.4) is 0 Å². The molecule has 118 valence electrons. The van der Waals surface area contributed by atoms with Crippen LogP contribution in [0.4, 0.5) is 0 Å². The fourth-order valence-corrected chi connectivity index (χ4v) is 1.92. The number of carbonyl (C=O) groups excluding carboxylic acids is 1. The number of pyridine rings is 1. The van der Waals surface area contributed by atoms with Crippen molar-refractivity contribution in [2.45, 2.75) is 6.54 Å². The van der Waals surface area contributed by atoms with Crippen LogP contribution in [0.1, 0.15) is 5.69 Å². The van der Waals surface area contributed by atoms with Gasteiger partial charge >= 0.3 is 0 Å². The molecule has 1 amide bonds. The zero-order chi connectivity index (χ0) is 16.2. The molecule has 0 bridgehead atoms. The molecule has 0 aliphatic rings. The van der Waals surface area contributed by atoms with Crippen LogP contribution < -0.4 is 5.32 Å². The van der Waals surface area contributed by atoms with Crippen LogP contribution >= 0.6 is 0 Å². The number of likely N-dealkylation sites (N-methyl/N-ethyl adjacent to an activating group) is 1. The molecule has 0 saturated carbocycles. The average Bonchev–Trinajstić information content (AvgIpc) is 2.94. The van der Waals surface area contributed by atoms with Crippen molar-refractivity contribution in [3.63, 3.8) is 0 Å². The maximum atomic E-state index is 11.7. The molecule has 0 unspecified atom stereocenters. The van der Waals surface area contributed by atoms with Gasteiger partial charge in [0.1, 0.15) is 5.69 Å². The lowest BCUT2D eigenvalue weighted by atomic mass is 10.4. The van der Waals surface area contributed by atoms with Gasteiger partial charge in [0.05, 0.1) is 31.2 Å².